The molecule has 0 bridgehead atoms. The smallest absolute Gasteiger partial charge is 0.117 e. The van der Waals surface area contributed by atoms with E-state index in [2.05, 4.69) is 54.4 Å². The fourth-order valence-corrected chi connectivity index (χ4v) is 3.76. The molecule has 0 radical (unpaired) electrons. The second-order valence-electron chi connectivity index (χ2n) is 7.00. The SMILES string of the molecule is CC/C=C(/C=C\C(N)=NC)c1cccc2ccc(C3CCCCC3)nc12. The number of amidine groups is 1. The first-order valence-corrected chi connectivity index (χ1v) is 9.73. The van der Waals surface area contributed by atoms with Crippen molar-refractivity contribution in [2.75, 3.05) is 7.05 Å². The van der Waals surface area contributed by atoms with Crippen molar-refractivity contribution in [1.82, 2.24) is 4.98 Å². The Balaban J connectivity index is 2.05. The van der Waals surface area contributed by atoms with Crippen molar-refractivity contribution in [2.45, 2.75) is 51.4 Å². The number of rotatable bonds is 5. The van der Waals surface area contributed by atoms with Crippen LogP contribution in [0.3, 0.4) is 0 Å². The molecule has 0 spiro atoms. The Morgan fingerprint density at radius 2 is 1.96 bits per heavy atom. The van der Waals surface area contributed by atoms with Gasteiger partial charge in [0.05, 0.1) is 5.52 Å². The Morgan fingerprint density at radius 3 is 2.69 bits per heavy atom. The van der Waals surface area contributed by atoms with E-state index in [1.54, 1.807) is 7.05 Å². The highest BCUT2D eigenvalue weighted by Gasteiger charge is 2.17. The van der Waals surface area contributed by atoms with Crippen molar-refractivity contribution in [2.24, 2.45) is 10.7 Å². The highest BCUT2D eigenvalue weighted by Crippen LogP contribution is 2.33. The first-order chi connectivity index (χ1) is 12.7. The zero-order valence-electron chi connectivity index (χ0n) is 15.9. The Bertz CT molecular complexity index is 840. The van der Waals surface area contributed by atoms with Gasteiger partial charge in [0.2, 0.25) is 0 Å². The molecule has 3 rings (SSSR count). The van der Waals surface area contributed by atoms with Gasteiger partial charge in [-0.2, -0.15) is 0 Å². The van der Waals surface area contributed by atoms with Gasteiger partial charge in [0.25, 0.3) is 0 Å². The zero-order valence-corrected chi connectivity index (χ0v) is 15.9. The highest BCUT2D eigenvalue weighted by atomic mass is 14.8. The van der Waals surface area contributed by atoms with Gasteiger partial charge < -0.3 is 5.73 Å². The third-order valence-corrected chi connectivity index (χ3v) is 5.19. The van der Waals surface area contributed by atoms with Crippen LogP contribution in [0.25, 0.3) is 16.5 Å². The third kappa shape index (κ3) is 4.21. The Labute approximate surface area is 156 Å². The molecule has 1 aromatic heterocycles. The number of benzene rings is 1. The molecular formula is C23H29N3. The maximum absolute atomic E-state index is 5.85. The fraction of sp³-hybridized carbons (Fsp3) is 0.391. The minimum atomic E-state index is 0.531. The van der Waals surface area contributed by atoms with Crippen LogP contribution in [0.4, 0.5) is 0 Å². The number of allylic oxidation sites excluding steroid dienone is 3. The molecule has 3 heteroatoms. The molecule has 2 N–H and O–H groups in total. The van der Waals surface area contributed by atoms with Crippen LogP contribution in [-0.2, 0) is 0 Å². The summed E-state index contributed by atoms with van der Waals surface area (Å²) in [7, 11) is 1.71. The molecule has 1 saturated carbocycles. The van der Waals surface area contributed by atoms with Crippen LogP contribution in [0, 0.1) is 0 Å². The largest absolute Gasteiger partial charge is 0.384 e. The van der Waals surface area contributed by atoms with Crippen LogP contribution in [0.15, 0.2) is 53.6 Å². The summed E-state index contributed by atoms with van der Waals surface area (Å²) in [6.45, 7) is 2.15. The van der Waals surface area contributed by atoms with Gasteiger partial charge in [0.15, 0.2) is 0 Å². The topological polar surface area (TPSA) is 51.3 Å². The normalized spacial score (nSPS) is 17.3. The van der Waals surface area contributed by atoms with Crippen LogP contribution in [0.2, 0.25) is 0 Å². The lowest BCUT2D eigenvalue weighted by Crippen LogP contribution is -2.07. The lowest BCUT2D eigenvalue weighted by molar-refractivity contribution is 0.437. The van der Waals surface area contributed by atoms with Gasteiger partial charge in [0.1, 0.15) is 5.84 Å². The number of nitrogens with two attached hydrogens (primary N) is 1. The van der Waals surface area contributed by atoms with Crippen molar-refractivity contribution in [3.63, 3.8) is 0 Å². The van der Waals surface area contributed by atoms with E-state index in [9.17, 15) is 0 Å². The molecule has 1 aliphatic carbocycles. The molecule has 1 aliphatic rings. The van der Waals surface area contributed by atoms with E-state index in [0.29, 0.717) is 11.8 Å². The fourth-order valence-electron chi connectivity index (χ4n) is 3.76. The lowest BCUT2D eigenvalue weighted by Gasteiger charge is -2.21. The summed E-state index contributed by atoms with van der Waals surface area (Å²) in [4.78, 5) is 9.13. The Hall–Kier alpha value is -2.42. The summed E-state index contributed by atoms with van der Waals surface area (Å²) in [6, 6.07) is 10.9. The second kappa shape index (κ2) is 8.79. The number of hydrogen-bond acceptors (Lipinski definition) is 2. The summed E-state index contributed by atoms with van der Waals surface area (Å²) in [5.74, 6) is 1.14. The van der Waals surface area contributed by atoms with Crippen molar-refractivity contribution in [3.05, 3.63) is 59.8 Å². The van der Waals surface area contributed by atoms with E-state index in [1.165, 1.54) is 48.7 Å². The van der Waals surface area contributed by atoms with Gasteiger partial charge in [-0.15, -0.1) is 0 Å². The standard InChI is InChI=1S/C23H29N3/c1-3-8-17(14-16-22(24)25-2)20-12-7-11-19-13-15-21(26-23(19)20)18-9-5-4-6-10-18/h7-8,11-16,18H,3-6,9-10H2,1-2H3,(H2,24,25)/b16-14-,17-8-. The van der Waals surface area contributed by atoms with Gasteiger partial charge in [0, 0.05) is 29.6 Å². The number of aromatic nitrogens is 1. The summed E-state index contributed by atoms with van der Waals surface area (Å²) in [5.41, 5.74) is 10.5. The number of para-hydroxylation sites is 1. The first kappa shape index (κ1) is 18.4. The number of hydrogen-bond donors (Lipinski definition) is 1. The minimum absolute atomic E-state index is 0.531. The molecule has 1 heterocycles. The van der Waals surface area contributed by atoms with Crippen LogP contribution >= 0.6 is 0 Å². The Kier molecular flexibility index (Phi) is 6.21. The molecular weight excluding hydrogens is 318 g/mol. The Morgan fingerprint density at radius 1 is 1.15 bits per heavy atom. The molecule has 1 aromatic carbocycles. The van der Waals surface area contributed by atoms with Gasteiger partial charge in [-0.1, -0.05) is 62.6 Å². The molecule has 1 fully saturated rings. The van der Waals surface area contributed by atoms with Gasteiger partial charge in [-0.25, -0.2) is 0 Å². The zero-order chi connectivity index (χ0) is 18.4. The maximum atomic E-state index is 5.85. The average Bonchev–Trinajstić information content (AvgIpc) is 2.70. The van der Waals surface area contributed by atoms with Crippen molar-refractivity contribution >= 4 is 22.3 Å². The molecule has 2 aromatic rings. The van der Waals surface area contributed by atoms with Crippen molar-refractivity contribution in [3.8, 4) is 0 Å². The summed E-state index contributed by atoms with van der Waals surface area (Å²) < 4.78 is 0. The van der Waals surface area contributed by atoms with E-state index < -0.39 is 0 Å². The molecule has 26 heavy (non-hydrogen) atoms. The molecule has 0 unspecified atom stereocenters. The number of pyridine rings is 1. The number of nitrogens with zero attached hydrogens (tertiary/aromatic N) is 2. The molecule has 0 saturated heterocycles. The summed E-state index contributed by atoms with van der Waals surface area (Å²) >= 11 is 0. The van der Waals surface area contributed by atoms with Gasteiger partial charge in [-0.05, 0) is 37.0 Å². The van der Waals surface area contributed by atoms with E-state index in [4.69, 9.17) is 10.7 Å². The minimum Gasteiger partial charge on any atom is -0.384 e. The van der Waals surface area contributed by atoms with E-state index in [1.807, 2.05) is 6.08 Å². The average molecular weight is 348 g/mol. The van der Waals surface area contributed by atoms with Crippen molar-refractivity contribution in [1.29, 1.82) is 0 Å². The van der Waals surface area contributed by atoms with Gasteiger partial charge in [-0.3, -0.25) is 9.98 Å². The van der Waals surface area contributed by atoms with Gasteiger partial charge >= 0.3 is 0 Å². The number of fused-ring (bicyclic) bond motifs is 1. The monoisotopic (exact) mass is 347 g/mol. The maximum Gasteiger partial charge on any atom is 0.117 e. The molecule has 0 aliphatic heterocycles. The third-order valence-electron chi connectivity index (χ3n) is 5.19. The molecule has 3 nitrogen and oxygen atoms in total. The summed E-state index contributed by atoms with van der Waals surface area (Å²) in [6.07, 6.45) is 13.6. The van der Waals surface area contributed by atoms with E-state index >= 15 is 0 Å². The van der Waals surface area contributed by atoms with E-state index in [-0.39, 0.29) is 0 Å². The quantitative estimate of drug-likeness (QED) is 0.433. The lowest BCUT2D eigenvalue weighted by atomic mass is 9.86. The van der Waals surface area contributed by atoms with Crippen LogP contribution in [-0.4, -0.2) is 17.9 Å². The number of aliphatic imine (C=N–C) groups is 1. The highest BCUT2D eigenvalue weighted by molar-refractivity contribution is 5.98. The van der Waals surface area contributed by atoms with Crippen LogP contribution in [0.1, 0.15) is 62.6 Å². The second-order valence-corrected chi connectivity index (χ2v) is 7.00. The molecule has 136 valence electrons. The predicted octanol–water partition coefficient (Wildman–Crippen LogP) is 5.62. The first-order valence-electron chi connectivity index (χ1n) is 9.73. The molecule has 0 amide bonds. The van der Waals surface area contributed by atoms with Crippen LogP contribution < -0.4 is 5.73 Å². The molecule has 0 atom stereocenters. The van der Waals surface area contributed by atoms with Crippen LogP contribution in [0.5, 0.6) is 0 Å². The van der Waals surface area contributed by atoms with Crippen molar-refractivity contribution < 1.29 is 0 Å². The van der Waals surface area contributed by atoms with E-state index in [0.717, 1.165) is 17.5 Å². The summed E-state index contributed by atoms with van der Waals surface area (Å²) in [5, 5.41) is 1.19. The predicted molar refractivity (Wildman–Crippen MR) is 113 cm³/mol.